The summed E-state index contributed by atoms with van der Waals surface area (Å²) in [5, 5.41) is 5.19. The van der Waals surface area contributed by atoms with Gasteiger partial charge in [-0.1, -0.05) is 70.6 Å². The van der Waals surface area contributed by atoms with Crippen molar-refractivity contribution in [3.8, 4) is 17.2 Å². The molecule has 16 rings (SSSR count). The molecule has 3 aromatic carbocycles. The highest BCUT2D eigenvalue weighted by molar-refractivity contribution is 8.67. The van der Waals surface area contributed by atoms with Gasteiger partial charge in [-0.3, -0.25) is 0 Å². The molecule has 0 N–H and O–H groups in total. The van der Waals surface area contributed by atoms with Gasteiger partial charge in [0.05, 0.1) is 40.1 Å². The van der Waals surface area contributed by atoms with Crippen LogP contribution in [-0.4, -0.2) is 39.6 Å². The molecule has 30 heteroatoms. The van der Waals surface area contributed by atoms with Crippen LogP contribution in [0.5, 0.6) is 17.2 Å². The zero-order valence-corrected chi connectivity index (χ0v) is 47.1. The Labute approximate surface area is 438 Å². The van der Waals surface area contributed by atoms with Crippen molar-refractivity contribution in [2.24, 2.45) is 13.5 Å². The summed E-state index contributed by atoms with van der Waals surface area (Å²) in [6.45, 7) is -5.51. The molecule has 0 aromatic heterocycles. The molecular formula is C36H18N3O9P3S15. The van der Waals surface area contributed by atoms with Crippen LogP contribution < -0.4 is 13.6 Å². The molecule has 0 amide bonds. The van der Waals surface area contributed by atoms with E-state index in [4.69, 9.17) is 55.5 Å². The molecule has 336 valence electrons. The minimum atomic E-state index is -3.00. The molecule has 0 saturated heterocycles. The third-order valence-electron chi connectivity index (χ3n) is 9.99. The molecule has 13 aliphatic rings. The van der Waals surface area contributed by atoms with Crippen LogP contribution in [0.25, 0.3) is 0 Å². The van der Waals surface area contributed by atoms with Crippen molar-refractivity contribution in [3.05, 3.63) is 92.4 Å². The van der Waals surface area contributed by atoms with Gasteiger partial charge in [-0.05, 0) is 141 Å². The summed E-state index contributed by atoms with van der Waals surface area (Å²) in [6.07, 6.45) is 0. The van der Waals surface area contributed by atoms with Crippen LogP contribution in [0.15, 0.2) is 150 Å². The van der Waals surface area contributed by atoms with E-state index in [1.807, 2.05) is 0 Å². The number of hydrogen-bond donors (Lipinski definition) is 0. The van der Waals surface area contributed by atoms with Crippen molar-refractivity contribution in [1.82, 2.24) is 0 Å². The van der Waals surface area contributed by atoms with Gasteiger partial charge >= 0.3 is 19.9 Å². The van der Waals surface area contributed by atoms with Gasteiger partial charge in [-0.25, -0.2) is 0 Å². The van der Waals surface area contributed by atoms with Crippen LogP contribution in [0.1, 0.15) is 0 Å². The van der Waals surface area contributed by atoms with E-state index >= 15 is 0 Å². The number of thioether (sulfide) groups is 12. The van der Waals surface area contributed by atoms with E-state index in [9.17, 15) is 0 Å². The van der Waals surface area contributed by atoms with E-state index in [1.165, 1.54) is 40.1 Å². The van der Waals surface area contributed by atoms with Gasteiger partial charge < -0.3 is 42.0 Å². The Morgan fingerprint density at radius 3 is 0.773 bits per heavy atom. The highest BCUT2D eigenvalue weighted by Crippen LogP contribution is 2.94. The highest BCUT2D eigenvalue weighted by Gasteiger charge is 2.52. The van der Waals surface area contributed by atoms with Crippen LogP contribution >= 0.6 is 195 Å². The van der Waals surface area contributed by atoms with Crippen LogP contribution in [-0.2, 0) is 28.4 Å². The van der Waals surface area contributed by atoms with E-state index in [0.717, 1.165) is 77.2 Å². The van der Waals surface area contributed by atoms with Crippen molar-refractivity contribution in [3.63, 3.8) is 0 Å². The van der Waals surface area contributed by atoms with Crippen molar-refractivity contribution in [1.29, 1.82) is 0 Å². The Hall–Kier alpha value is 0.240. The molecule has 0 atom stereocenters. The zero-order valence-electron chi connectivity index (χ0n) is 32.2. The summed E-state index contributed by atoms with van der Waals surface area (Å²) in [5.74, 6) is 2.38. The van der Waals surface area contributed by atoms with Crippen LogP contribution in [0.2, 0.25) is 0 Å². The number of nitrogens with zero attached hydrogens (tertiary/aromatic N) is 3. The molecule has 3 spiro atoms. The quantitative estimate of drug-likeness (QED) is 0.198. The van der Waals surface area contributed by atoms with E-state index < -0.39 is 19.9 Å². The summed E-state index contributed by atoms with van der Waals surface area (Å²) in [7, 11) is 0. The minimum absolute atomic E-state index is 0.582. The first kappa shape index (κ1) is 42.7. The monoisotopic (exact) mass is 1210 g/mol. The maximum absolute atomic E-state index is 7.12. The third-order valence-corrected chi connectivity index (χ3v) is 43.8. The van der Waals surface area contributed by atoms with E-state index in [0.29, 0.717) is 39.6 Å². The van der Waals surface area contributed by atoms with Crippen LogP contribution in [0.3, 0.4) is 0 Å². The standard InChI is InChI=1S/C36H18N3O9P3S15/c1-2-41-26-25(40-1)58-34(59-26)31-52-19-7-13-16(10-22(19)55-31)64-49(46-13)37-50(47-14-8-20-23(11-17(14)65-50)56-32(53-20)35-60-27-28(61-35)43-4-3-42-27)39-51(38-49)48-15-9-21-24(12-18(15)66-51)57-33(54-21)36-62-29-30(63-36)45-6-5-44-29/h7-12H,1-6H2. The van der Waals surface area contributed by atoms with Crippen molar-refractivity contribution >= 4 is 195 Å². The molecule has 0 saturated carbocycles. The Bertz CT molecular complexity index is 2780. The van der Waals surface area contributed by atoms with Gasteiger partial charge in [-0.15, -0.1) is 0 Å². The van der Waals surface area contributed by atoms with Gasteiger partial charge in [-0.2, -0.15) is 13.5 Å². The maximum Gasteiger partial charge on any atom is 0.323 e. The molecule has 13 aliphatic heterocycles. The molecule has 0 aliphatic carbocycles. The summed E-state index contributed by atoms with van der Waals surface area (Å²) in [5.41, 5.74) is 0. The smallest absolute Gasteiger partial charge is 0.323 e. The largest absolute Gasteiger partial charge is 0.480 e. The Balaban J connectivity index is 0.733. The predicted octanol–water partition coefficient (Wildman–Crippen LogP) is 18.3. The minimum Gasteiger partial charge on any atom is -0.480 e. The third kappa shape index (κ3) is 7.17. The number of hydrogen-bond acceptors (Lipinski definition) is 27. The van der Waals surface area contributed by atoms with E-state index in [2.05, 4.69) is 36.4 Å². The Kier molecular flexibility index (Phi) is 10.4. The summed E-state index contributed by atoms with van der Waals surface area (Å²) in [4.78, 5) is 10.1. The lowest BCUT2D eigenvalue weighted by Crippen LogP contribution is -2.08. The second kappa shape index (κ2) is 16.1. The van der Waals surface area contributed by atoms with Gasteiger partial charge in [0.2, 0.25) is 30.5 Å². The first-order valence-corrected chi connectivity index (χ1v) is 38.2. The molecule has 13 heterocycles. The first-order valence-electron chi connectivity index (χ1n) is 19.3. The van der Waals surface area contributed by atoms with Crippen LogP contribution in [0.4, 0.5) is 0 Å². The van der Waals surface area contributed by atoms with Crippen molar-refractivity contribution in [2.75, 3.05) is 39.6 Å². The number of rotatable bonds is 0. The fourth-order valence-corrected chi connectivity index (χ4v) is 46.1. The van der Waals surface area contributed by atoms with E-state index in [1.54, 1.807) is 175 Å². The molecule has 0 fully saturated rings. The average molecular weight is 1210 g/mol. The summed E-state index contributed by atoms with van der Waals surface area (Å²) < 4.78 is 80.6. The second-order valence-corrected chi connectivity index (χ2v) is 41.5. The Morgan fingerprint density at radius 1 is 0.288 bits per heavy atom. The van der Waals surface area contributed by atoms with Crippen molar-refractivity contribution in [2.45, 2.75) is 44.1 Å². The molecule has 12 nitrogen and oxygen atoms in total. The Morgan fingerprint density at radius 2 is 0.515 bits per heavy atom. The van der Waals surface area contributed by atoms with Gasteiger partial charge in [0.1, 0.15) is 56.9 Å². The average Bonchev–Trinajstić information content (AvgIpc) is 4.16. The molecule has 3 aromatic rings. The topological polar surface area (TPSA) is 120 Å². The molecule has 0 radical (unpaired) electrons. The van der Waals surface area contributed by atoms with E-state index in [-0.39, 0.29) is 0 Å². The molecular weight excluding hydrogens is 1190 g/mol. The van der Waals surface area contributed by atoms with Gasteiger partial charge in [0, 0.05) is 29.4 Å². The fourth-order valence-electron chi connectivity index (χ4n) is 7.32. The normalized spacial score (nSPS) is 29.8. The molecule has 0 unspecified atom stereocenters. The molecule has 66 heavy (non-hydrogen) atoms. The fraction of sp³-hybridized carbons (Fsp3) is 0.167. The number of fused-ring (bicyclic) bond motifs is 6. The second-order valence-electron chi connectivity index (χ2n) is 14.3. The maximum atomic E-state index is 7.12. The van der Waals surface area contributed by atoms with Crippen LogP contribution in [0, 0.1) is 0 Å². The van der Waals surface area contributed by atoms with Gasteiger partial charge in [0.15, 0.2) is 0 Å². The SMILES string of the molecule is c1c2c(cc3c1SC(=C1SC4=C(OCCO4)S1)S3)SP1(=NP3(=NP4(=N1)Oc1cc5c(cc1S4)SC(=C1SC4=C(OCCO4)S1)S5)Oc1cc4c(cc1S3)SC(=C1SC3=C(OCCO3)S1)S4)O2. The highest BCUT2D eigenvalue weighted by atomic mass is 32.8. The lowest BCUT2D eigenvalue weighted by Gasteiger charge is -2.26. The number of benzene rings is 3. The lowest BCUT2D eigenvalue weighted by molar-refractivity contribution is 0.0949. The van der Waals surface area contributed by atoms with Gasteiger partial charge in [0.25, 0.3) is 0 Å². The summed E-state index contributed by atoms with van der Waals surface area (Å²) in [6, 6.07) is 13.2. The zero-order chi connectivity index (χ0) is 42.9. The first-order chi connectivity index (χ1) is 32.3. The summed E-state index contributed by atoms with van der Waals surface area (Å²) >= 11 is 25.4. The lowest BCUT2D eigenvalue weighted by atomic mass is 10.3. The number of ether oxygens (including phenoxy) is 6. The predicted molar refractivity (Wildman–Crippen MR) is 285 cm³/mol. The molecule has 0 bridgehead atoms. The van der Waals surface area contributed by atoms with Crippen molar-refractivity contribution < 1.29 is 42.0 Å².